The molecule has 0 aliphatic rings. The third-order valence-corrected chi connectivity index (χ3v) is 2.29. The molecule has 0 aliphatic carbocycles. The predicted octanol–water partition coefficient (Wildman–Crippen LogP) is 2.38. The van der Waals surface area contributed by atoms with Gasteiger partial charge in [-0.15, -0.1) is 12.4 Å². The van der Waals surface area contributed by atoms with Gasteiger partial charge < -0.3 is 10.5 Å². The average molecular weight is 267 g/mol. The molecule has 0 radical (unpaired) electrons. The minimum atomic E-state index is 0. The van der Waals surface area contributed by atoms with Crippen molar-refractivity contribution in [1.29, 1.82) is 0 Å². The molecule has 1 aromatic carbocycles. The Labute approximate surface area is 93.0 Å². The van der Waals surface area contributed by atoms with Crippen LogP contribution < -0.4 is 10.5 Å². The van der Waals surface area contributed by atoms with Gasteiger partial charge in [-0.2, -0.15) is 0 Å². The molecule has 2 N–H and O–H groups in total. The van der Waals surface area contributed by atoms with Gasteiger partial charge in [0.2, 0.25) is 0 Å². The topological polar surface area (TPSA) is 35.2 Å². The summed E-state index contributed by atoms with van der Waals surface area (Å²) in [4.78, 5) is 0. The molecule has 4 heteroatoms. The summed E-state index contributed by atoms with van der Waals surface area (Å²) in [6, 6.07) is 5.97. The number of ether oxygens (including phenoxy) is 1. The van der Waals surface area contributed by atoms with Gasteiger partial charge in [-0.25, -0.2) is 0 Å². The summed E-state index contributed by atoms with van der Waals surface area (Å²) in [6.07, 6.45) is 0.850. The summed E-state index contributed by atoms with van der Waals surface area (Å²) in [5, 5.41) is 0. The number of hydrogen-bond acceptors (Lipinski definition) is 2. The van der Waals surface area contributed by atoms with E-state index in [-0.39, 0.29) is 12.4 Å². The van der Waals surface area contributed by atoms with E-state index in [1.54, 1.807) is 7.11 Å². The maximum absolute atomic E-state index is 5.46. The lowest BCUT2D eigenvalue weighted by atomic mass is 10.1. The lowest BCUT2D eigenvalue weighted by molar-refractivity contribution is 0.407. The fourth-order valence-electron chi connectivity index (χ4n) is 1.13. The fraction of sp³-hybridized carbons (Fsp3) is 0.333. The lowest BCUT2D eigenvalue weighted by Crippen LogP contribution is -2.04. The average Bonchev–Trinajstić information content (AvgIpc) is 2.05. The van der Waals surface area contributed by atoms with E-state index in [1.807, 2.05) is 18.2 Å². The van der Waals surface area contributed by atoms with Gasteiger partial charge in [-0.1, -0.05) is 12.1 Å². The van der Waals surface area contributed by atoms with Crippen LogP contribution in [-0.4, -0.2) is 13.7 Å². The SMILES string of the molecule is COc1c(Br)cccc1CCN.Cl. The molecule has 1 rings (SSSR count). The van der Waals surface area contributed by atoms with Gasteiger partial charge in [0.05, 0.1) is 11.6 Å². The van der Waals surface area contributed by atoms with Crippen LogP contribution in [0.25, 0.3) is 0 Å². The summed E-state index contributed by atoms with van der Waals surface area (Å²) in [7, 11) is 1.67. The minimum Gasteiger partial charge on any atom is -0.495 e. The van der Waals surface area contributed by atoms with Crippen LogP contribution in [0.4, 0.5) is 0 Å². The lowest BCUT2D eigenvalue weighted by Gasteiger charge is -2.08. The first-order valence-electron chi connectivity index (χ1n) is 3.81. The number of benzene rings is 1. The first-order chi connectivity index (χ1) is 5.79. The van der Waals surface area contributed by atoms with Gasteiger partial charge in [-0.05, 0) is 40.5 Å². The largest absolute Gasteiger partial charge is 0.495 e. The highest BCUT2D eigenvalue weighted by Gasteiger charge is 2.04. The first-order valence-corrected chi connectivity index (χ1v) is 4.60. The van der Waals surface area contributed by atoms with Crippen molar-refractivity contribution < 1.29 is 4.74 Å². The molecular weight excluding hydrogens is 253 g/mol. The second-order valence-corrected chi connectivity index (χ2v) is 3.33. The zero-order valence-electron chi connectivity index (χ0n) is 7.42. The van der Waals surface area contributed by atoms with Gasteiger partial charge in [0, 0.05) is 0 Å². The summed E-state index contributed by atoms with van der Waals surface area (Å²) >= 11 is 3.41. The van der Waals surface area contributed by atoms with Crippen LogP contribution in [0.15, 0.2) is 22.7 Å². The Morgan fingerprint density at radius 2 is 2.15 bits per heavy atom. The molecule has 74 valence electrons. The molecule has 0 atom stereocenters. The monoisotopic (exact) mass is 265 g/mol. The van der Waals surface area contributed by atoms with E-state index in [0.29, 0.717) is 6.54 Å². The highest BCUT2D eigenvalue weighted by molar-refractivity contribution is 9.10. The number of para-hydroxylation sites is 1. The van der Waals surface area contributed by atoms with Crippen LogP contribution in [0, 0.1) is 0 Å². The Bertz CT molecular complexity index is 268. The predicted molar refractivity (Wildman–Crippen MR) is 60.7 cm³/mol. The number of methoxy groups -OCH3 is 1. The maximum atomic E-state index is 5.46. The summed E-state index contributed by atoms with van der Waals surface area (Å²) in [5.41, 5.74) is 6.61. The smallest absolute Gasteiger partial charge is 0.136 e. The molecule has 0 aliphatic heterocycles. The van der Waals surface area contributed by atoms with E-state index in [4.69, 9.17) is 10.5 Å². The number of hydrogen-bond donors (Lipinski definition) is 1. The van der Waals surface area contributed by atoms with Crippen molar-refractivity contribution in [2.24, 2.45) is 5.73 Å². The van der Waals surface area contributed by atoms with Crippen LogP contribution in [0.1, 0.15) is 5.56 Å². The van der Waals surface area contributed by atoms with Crippen LogP contribution in [0.5, 0.6) is 5.75 Å². The minimum absolute atomic E-state index is 0. The first kappa shape index (κ1) is 12.8. The molecule has 13 heavy (non-hydrogen) atoms. The van der Waals surface area contributed by atoms with Crippen molar-refractivity contribution in [2.45, 2.75) is 6.42 Å². The molecule has 0 saturated carbocycles. The molecule has 0 saturated heterocycles. The van der Waals surface area contributed by atoms with Crippen molar-refractivity contribution in [3.8, 4) is 5.75 Å². The highest BCUT2D eigenvalue weighted by Crippen LogP contribution is 2.28. The van der Waals surface area contributed by atoms with E-state index >= 15 is 0 Å². The quantitative estimate of drug-likeness (QED) is 0.912. The second-order valence-electron chi connectivity index (χ2n) is 2.47. The third-order valence-electron chi connectivity index (χ3n) is 1.67. The highest BCUT2D eigenvalue weighted by atomic mass is 79.9. The van der Waals surface area contributed by atoms with Gasteiger partial charge in [0.1, 0.15) is 5.75 Å². The number of rotatable bonds is 3. The Morgan fingerprint density at radius 1 is 1.46 bits per heavy atom. The molecule has 2 nitrogen and oxygen atoms in total. The molecule has 0 unspecified atom stereocenters. The molecule has 0 aromatic heterocycles. The Kier molecular flexibility index (Phi) is 6.12. The van der Waals surface area contributed by atoms with Gasteiger partial charge >= 0.3 is 0 Å². The third kappa shape index (κ3) is 3.18. The normalized spacial score (nSPS) is 9.15. The van der Waals surface area contributed by atoms with Gasteiger partial charge in [0.25, 0.3) is 0 Å². The van der Waals surface area contributed by atoms with Crippen molar-refractivity contribution in [3.05, 3.63) is 28.2 Å². The van der Waals surface area contributed by atoms with Crippen molar-refractivity contribution in [3.63, 3.8) is 0 Å². The van der Waals surface area contributed by atoms with Crippen molar-refractivity contribution in [1.82, 2.24) is 0 Å². The molecular formula is C9H13BrClNO. The second kappa shape index (κ2) is 6.24. The standard InChI is InChI=1S/C9H12BrNO.ClH/c1-12-9-7(5-6-11)3-2-4-8(9)10;/h2-4H,5-6,11H2,1H3;1H. The van der Waals surface area contributed by atoms with E-state index < -0.39 is 0 Å². The molecule has 1 aromatic rings. The molecule has 0 heterocycles. The van der Waals surface area contributed by atoms with Gasteiger partial charge in [-0.3, -0.25) is 0 Å². The number of halogens is 2. The summed E-state index contributed by atoms with van der Waals surface area (Å²) < 4.78 is 6.21. The molecule has 0 bridgehead atoms. The molecule has 0 spiro atoms. The Hall–Kier alpha value is -0.250. The van der Waals surface area contributed by atoms with Crippen LogP contribution in [-0.2, 0) is 6.42 Å². The van der Waals surface area contributed by atoms with Gasteiger partial charge in [0.15, 0.2) is 0 Å². The van der Waals surface area contributed by atoms with E-state index in [2.05, 4.69) is 15.9 Å². The molecule has 0 amide bonds. The zero-order valence-corrected chi connectivity index (χ0v) is 9.82. The van der Waals surface area contributed by atoms with Crippen molar-refractivity contribution in [2.75, 3.05) is 13.7 Å². The van der Waals surface area contributed by atoms with E-state index in [9.17, 15) is 0 Å². The summed E-state index contributed by atoms with van der Waals surface area (Å²) in [5.74, 6) is 0.892. The fourth-order valence-corrected chi connectivity index (χ4v) is 1.70. The summed E-state index contributed by atoms with van der Waals surface area (Å²) in [6.45, 7) is 0.646. The Balaban J connectivity index is 0.00000144. The van der Waals surface area contributed by atoms with E-state index in [0.717, 1.165) is 22.2 Å². The van der Waals surface area contributed by atoms with Crippen LogP contribution in [0.2, 0.25) is 0 Å². The van der Waals surface area contributed by atoms with Crippen molar-refractivity contribution >= 4 is 28.3 Å². The zero-order chi connectivity index (χ0) is 8.97. The van der Waals surface area contributed by atoms with E-state index in [1.165, 1.54) is 0 Å². The van der Waals surface area contributed by atoms with Crippen LogP contribution in [0.3, 0.4) is 0 Å². The Morgan fingerprint density at radius 3 is 2.69 bits per heavy atom. The number of nitrogens with two attached hydrogens (primary N) is 1. The maximum Gasteiger partial charge on any atom is 0.136 e. The van der Waals surface area contributed by atoms with Crippen LogP contribution >= 0.6 is 28.3 Å². The molecule has 0 fully saturated rings.